The van der Waals surface area contributed by atoms with Crippen LogP contribution in [0.5, 0.6) is 0 Å². The Morgan fingerprint density at radius 3 is 2.80 bits per heavy atom. The van der Waals surface area contributed by atoms with E-state index in [2.05, 4.69) is 27.3 Å². The number of nitrogens with zero attached hydrogens (tertiary/aromatic N) is 2. The van der Waals surface area contributed by atoms with Crippen molar-refractivity contribution in [2.24, 2.45) is 0 Å². The Kier molecular flexibility index (Phi) is 6.33. The first kappa shape index (κ1) is 17.8. The maximum atomic E-state index is 12.2. The van der Waals surface area contributed by atoms with Crippen molar-refractivity contribution in [3.63, 3.8) is 0 Å². The first-order chi connectivity index (χ1) is 12.2. The molecule has 2 heterocycles. The molecule has 0 bridgehead atoms. The molecule has 5 nitrogen and oxygen atoms in total. The highest BCUT2D eigenvalue weighted by Crippen LogP contribution is 2.21. The molecule has 0 radical (unpaired) electrons. The fourth-order valence-electron chi connectivity index (χ4n) is 2.90. The second kappa shape index (κ2) is 8.89. The monoisotopic (exact) mass is 357 g/mol. The van der Waals surface area contributed by atoms with Gasteiger partial charge in [-0.25, -0.2) is 4.98 Å². The number of carbonyl (C=O) groups is 1. The summed E-state index contributed by atoms with van der Waals surface area (Å²) in [6.45, 7) is 5.76. The van der Waals surface area contributed by atoms with Gasteiger partial charge in [-0.1, -0.05) is 30.3 Å². The van der Waals surface area contributed by atoms with E-state index >= 15 is 0 Å². The van der Waals surface area contributed by atoms with Crippen LogP contribution in [0.4, 0.5) is 0 Å². The van der Waals surface area contributed by atoms with Crippen LogP contribution in [0.15, 0.2) is 41.8 Å². The first-order valence-corrected chi connectivity index (χ1v) is 9.35. The van der Waals surface area contributed by atoms with E-state index in [4.69, 9.17) is 4.74 Å². The minimum Gasteiger partial charge on any atom is -0.379 e. The maximum Gasteiger partial charge on any atom is 0.244 e. The summed E-state index contributed by atoms with van der Waals surface area (Å²) < 4.78 is 5.45. The molecule has 0 spiro atoms. The van der Waals surface area contributed by atoms with Gasteiger partial charge < -0.3 is 10.1 Å². The Balaban J connectivity index is 1.61. The Hall–Kier alpha value is -2.02. The molecular weight excluding hydrogens is 334 g/mol. The van der Waals surface area contributed by atoms with Gasteiger partial charge in [0.25, 0.3) is 0 Å². The minimum atomic E-state index is -0.0974. The number of amides is 1. The molecule has 1 aliphatic rings. The second-order valence-electron chi connectivity index (χ2n) is 5.94. The first-order valence-electron chi connectivity index (χ1n) is 8.47. The van der Waals surface area contributed by atoms with E-state index in [0.717, 1.165) is 37.0 Å². The van der Waals surface area contributed by atoms with Crippen molar-refractivity contribution in [2.75, 3.05) is 32.8 Å². The van der Waals surface area contributed by atoms with Crippen molar-refractivity contribution in [3.8, 4) is 0 Å². The molecule has 1 saturated heterocycles. The number of hydrogen-bond acceptors (Lipinski definition) is 5. The predicted octanol–water partition coefficient (Wildman–Crippen LogP) is 2.65. The van der Waals surface area contributed by atoms with Gasteiger partial charge in [-0.2, -0.15) is 0 Å². The lowest BCUT2D eigenvalue weighted by Crippen LogP contribution is -2.43. The van der Waals surface area contributed by atoms with Gasteiger partial charge in [0.15, 0.2) is 0 Å². The Bertz CT molecular complexity index is 708. The number of benzene rings is 1. The van der Waals surface area contributed by atoms with Crippen LogP contribution in [-0.4, -0.2) is 48.6 Å². The molecule has 132 valence electrons. The standard InChI is InChI=1S/C19H23N3O2S/c1-15-21-17(14-25-15)7-8-19(23)20-13-18(16-5-3-2-4-6-16)22-9-11-24-12-10-22/h2-8,14,18H,9-13H2,1H3,(H,20,23)/b8-7+. The molecule has 2 aromatic rings. The van der Waals surface area contributed by atoms with E-state index < -0.39 is 0 Å². The summed E-state index contributed by atoms with van der Waals surface area (Å²) >= 11 is 1.58. The maximum absolute atomic E-state index is 12.2. The third-order valence-electron chi connectivity index (χ3n) is 4.18. The molecule has 0 aliphatic carbocycles. The molecule has 1 aromatic carbocycles. The third kappa shape index (κ3) is 5.22. The van der Waals surface area contributed by atoms with Crippen molar-refractivity contribution >= 4 is 23.3 Å². The van der Waals surface area contributed by atoms with Crippen LogP contribution in [0, 0.1) is 6.92 Å². The van der Waals surface area contributed by atoms with Gasteiger partial charge in [0.1, 0.15) is 0 Å². The number of hydrogen-bond donors (Lipinski definition) is 1. The number of carbonyl (C=O) groups excluding carboxylic acids is 1. The molecule has 25 heavy (non-hydrogen) atoms. The van der Waals surface area contributed by atoms with Gasteiger partial charge in [-0.3, -0.25) is 9.69 Å². The van der Waals surface area contributed by atoms with Gasteiger partial charge in [-0.15, -0.1) is 11.3 Å². The zero-order valence-corrected chi connectivity index (χ0v) is 15.2. The zero-order valence-electron chi connectivity index (χ0n) is 14.4. The van der Waals surface area contributed by atoms with Crippen LogP contribution in [0.2, 0.25) is 0 Å². The fraction of sp³-hybridized carbons (Fsp3) is 0.368. The van der Waals surface area contributed by atoms with E-state index in [1.54, 1.807) is 23.5 Å². The van der Waals surface area contributed by atoms with Crippen molar-refractivity contribution in [2.45, 2.75) is 13.0 Å². The normalized spacial score (nSPS) is 16.8. The van der Waals surface area contributed by atoms with Crippen LogP contribution in [-0.2, 0) is 9.53 Å². The molecule has 3 rings (SSSR count). The zero-order chi connectivity index (χ0) is 17.5. The highest BCUT2D eigenvalue weighted by molar-refractivity contribution is 7.09. The summed E-state index contributed by atoms with van der Waals surface area (Å²) in [5.41, 5.74) is 2.04. The van der Waals surface area contributed by atoms with Crippen molar-refractivity contribution in [1.29, 1.82) is 0 Å². The molecule has 1 unspecified atom stereocenters. The molecule has 1 amide bonds. The molecular formula is C19H23N3O2S. The molecule has 1 N–H and O–H groups in total. The van der Waals surface area contributed by atoms with Crippen LogP contribution in [0.3, 0.4) is 0 Å². The number of thiazole rings is 1. The number of rotatable bonds is 6. The average molecular weight is 357 g/mol. The van der Waals surface area contributed by atoms with Crippen LogP contribution < -0.4 is 5.32 Å². The van der Waals surface area contributed by atoms with E-state index in [0.29, 0.717) is 6.54 Å². The number of ether oxygens (including phenoxy) is 1. The van der Waals surface area contributed by atoms with Gasteiger partial charge >= 0.3 is 0 Å². The SMILES string of the molecule is Cc1nc(/C=C/C(=O)NCC(c2ccccc2)N2CCOCC2)cs1. The van der Waals surface area contributed by atoms with E-state index in [9.17, 15) is 4.79 Å². The van der Waals surface area contributed by atoms with Crippen LogP contribution >= 0.6 is 11.3 Å². The predicted molar refractivity (Wildman–Crippen MR) is 100 cm³/mol. The highest BCUT2D eigenvalue weighted by Gasteiger charge is 2.22. The molecule has 1 aliphatic heterocycles. The highest BCUT2D eigenvalue weighted by atomic mass is 32.1. The number of aryl methyl sites for hydroxylation is 1. The fourth-order valence-corrected chi connectivity index (χ4v) is 3.48. The largest absolute Gasteiger partial charge is 0.379 e. The van der Waals surface area contributed by atoms with Crippen LogP contribution in [0.1, 0.15) is 22.3 Å². The topological polar surface area (TPSA) is 54.5 Å². The number of morpholine rings is 1. The molecule has 1 fully saturated rings. The quantitative estimate of drug-likeness (QED) is 0.808. The summed E-state index contributed by atoms with van der Waals surface area (Å²) in [4.78, 5) is 18.9. The smallest absolute Gasteiger partial charge is 0.244 e. The molecule has 0 saturated carbocycles. The summed E-state index contributed by atoms with van der Waals surface area (Å²) in [7, 11) is 0. The van der Waals surface area contributed by atoms with Gasteiger partial charge in [0.2, 0.25) is 5.91 Å². The van der Waals surface area contributed by atoms with E-state index in [-0.39, 0.29) is 11.9 Å². The van der Waals surface area contributed by atoms with Crippen molar-refractivity contribution in [3.05, 3.63) is 58.1 Å². The van der Waals surface area contributed by atoms with E-state index in [1.807, 2.05) is 30.5 Å². The van der Waals surface area contributed by atoms with E-state index in [1.165, 1.54) is 5.56 Å². The van der Waals surface area contributed by atoms with Gasteiger partial charge in [-0.05, 0) is 18.6 Å². The third-order valence-corrected chi connectivity index (χ3v) is 4.97. The average Bonchev–Trinajstić information content (AvgIpc) is 3.07. The van der Waals surface area contributed by atoms with Crippen molar-refractivity contribution in [1.82, 2.24) is 15.2 Å². The Labute approximate surface area is 152 Å². The molecule has 1 aromatic heterocycles. The Morgan fingerprint density at radius 2 is 2.12 bits per heavy atom. The second-order valence-corrected chi connectivity index (χ2v) is 7.01. The number of aromatic nitrogens is 1. The number of nitrogens with one attached hydrogen (secondary N) is 1. The summed E-state index contributed by atoms with van der Waals surface area (Å²) in [6.07, 6.45) is 3.31. The van der Waals surface area contributed by atoms with Crippen molar-refractivity contribution < 1.29 is 9.53 Å². The molecule has 6 heteroatoms. The van der Waals surface area contributed by atoms with Crippen LogP contribution in [0.25, 0.3) is 6.08 Å². The lowest BCUT2D eigenvalue weighted by Gasteiger charge is -2.34. The van der Waals surface area contributed by atoms with Gasteiger partial charge in [0.05, 0.1) is 30.0 Å². The molecule has 1 atom stereocenters. The Morgan fingerprint density at radius 1 is 1.36 bits per heavy atom. The lowest BCUT2D eigenvalue weighted by atomic mass is 10.0. The summed E-state index contributed by atoms with van der Waals surface area (Å²) in [5, 5.41) is 5.96. The lowest BCUT2D eigenvalue weighted by molar-refractivity contribution is -0.116. The summed E-state index contributed by atoms with van der Waals surface area (Å²) in [5.74, 6) is -0.0974. The van der Waals surface area contributed by atoms with Gasteiger partial charge in [0, 0.05) is 31.1 Å². The minimum absolute atomic E-state index is 0.0974. The summed E-state index contributed by atoms with van der Waals surface area (Å²) in [6, 6.07) is 10.5.